The quantitative estimate of drug-likeness (QED) is 0.840. The molecule has 2 rings (SSSR count). The maximum Gasteiger partial charge on any atom is 0.122 e. The molecule has 1 aliphatic carbocycles. The molecule has 1 unspecified atom stereocenters. The summed E-state index contributed by atoms with van der Waals surface area (Å²) >= 11 is 0. The highest BCUT2D eigenvalue weighted by molar-refractivity contribution is 5.76. The Labute approximate surface area is 101 Å². The highest BCUT2D eigenvalue weighted by Gasteiger charge is 2.35. The minimum Gasteiger partial charge on any atom is -0.508 e. The third kappa shape index (κ3) is 2.25. The molecule has 1 aromatic rings. The largest absolute Gasteiger partial charge is 0.508 e. The molecule has 0 bridgehead atoms. The Morgan fingerprint density at radius 1 is 1.29 bits per heavy atom. The Morgan fingerprint density at radius 2 is 2.00 bits per heavy atom. The summed E-state index contributed by atoms with van der Waals surface area (Å²) in [5, 5.41) is 20.5. The fraction of sp³-hybridized carbons (Fsp3) is 0.286. The minimum absolute atomic E-state index is 0.0991. The number of ether oxygens (including phenoxy) is 1. The summed E-state index contributed by atoms with van der Waals surface area (Å²) in [5.74, 6) is 0.0991. The van der Waals surface area contributed by atoms with Crippen molar-refractivity contribution >= 4 is 5.57 Å². The topological polar surface area (TPSA) is 49.7 Å². The lowest BCUT2D eigenvalue weighted by Crippen LogP contribution is -2.37. The van der Waals surface area contributed by atoms with Gasteiger partial charge in [-0.1, -0.05) is 36.4 Å². The molecule has 0 aliphatic heterocycles. The first kappa shape index (κ1) is 11.9. The lowest BCUT2D eigenvalue weighted by molar-refractivity contribution is 0.0137. The summed E-state index contributed by atoms with van der Waals surface area (Å²) in [4.78, 5) is 0. The highest BCUT2D eigenvalue weighted by Crippen LogP contribution is 2.36. The van der Waals surface area contributed by atoms with E-state index in [2.05, 4.69) is 0 Å². The van der Waals surface area contributed by atoms with Gasteiger partial charge in [-0.15, -0.1) is 0 Å². The van der Waals surface area contributed by atoms with Crippen LogP contribution in [0.15, 0.2) is 48.2 Å². The molecular weight excluding hydrogens is 216 g/mol. The van der Waals surface area contributed by atoms with Crippen LogP contribution in [0, 0.1) is 0 Å². The zero-order valence-corrected chi connectivity index (χ0v) is 9.76. The van der Waals surface area contributed by atoms with Crippen LogP contribution in [0.3, 0.4) is 0 Å². The number of hydrogen-bond acceptors (Lipinski definition) is 3. The van der Waals surface area contributed by atoms with Crippen molar-refractivity contribution in [1.29, 1.82) is 0 Å². The summed E-state index contributed by atoms with van der Waals surface area (Å²) in [5.41, 5.74) is 0.186. The Kier molecular flexibility index (Phi) is 3.31. The second-order valence-corrected chi connectivity index (χ2v) is 4.20. The maximum atomic E-state index is 10.6. The lowest BCUT2D eigenvalue weighted by atomic mass is 9.82. The minimum atomic E-state index is -1.16. The van der Waals surface area contributed by atoms with Crippen LogP contribution in [0.4, 0.5) is 0 Å². The predicted molar refractivity (Wildman–Crippen MR) is 66.6 cm³/mol. The monoisotopic (exact) mass is 232 g/mol. The van der Waals surface area contributed by atoms with Crippen molar-refractivity contribution < 1.29 is 14.9 Å². The van der Waals surface area contributed by atoms with Crippen molar-refractivity contribution in [3.63, 3.8) is 0 Å². The number of rotatable bonds is 3. The van der Waals surface area contributed by atoms with Crippen molar-refractivity contribution in [3.05, 3.63) is 53.8 Å². The Morgan fingerprint density at radius 3 is 2.65 bits per heavy atom. The van der Waals surface area contributed by atoms with Crippen LogP contribution in [0.25, 0.3) is 5.57 Å². The number of benzene rings is 1. The number of methoxy groups -OCH3 is 1. The van der Waals surface area contributed by atoms with Gasteiger partial charge in [-0.05, 0) is 11.6 Å². The van der Waals surface area contributed by atoms with Gasteiger partial charge in [0.05, 0.1) is 6.61 Å². The number of hydrogen-bond donors (Lipinski definition) is 2. The van der Waals surface area contributed by atoms with Crippen LogP contribution in [-0.4, -0.2) is 29.5 Å². The average molecular weight is 232 g/mol. The molecule has 0 saturated carbocycles. The molecule has 0 spiro atoms. The Balaban J connectivity index is 2.49. The molecule has 3 nitrogen and oxygen atoms in total. The zero-order chi connectivity index (χ0) is 12.3. The summed E-state index contributed by atoms with van der Waals surface area (Å²) < 4.78 is 5.06. The van der Waals surface area contributed by atoms with Crippen LogP contribution in [0.5, 0.6) is 0 Å². The molecule has 0 radical (unpaired) electrons. The molecule has 0 saturated heterocycles. The van der Waals surface area contributed by atoms with Gasteiger partial charge in [-0.3, -0.25) is 0 Å². The molecule has 0 fully saturated rings. The van der Waals surface area contributed by atoms with Crippen molar-refractivity contribution in [1.82, 2.24) is 0 Å². The van der Waals surface area contributed by atoms with E-state index in [0.717, 1.165) is 5.56 Å². The van der Waals surface area contributed by atoms with Crippen LogP contribution in [-0.2, 0) is 4.74 Å². The molecule has 1 aliphatic rings. The van der Waals surface area contributed by atoms with E-state index in [4.69, 9.17) is 4.74 Å². The van der Waals surface area contributed by atoms with Crippen LogP contribution in [0.1, 0.15) is 12.0 Å². The molecule has 17 heavy (non-hydrogen) atoms. The van der Waals surface area contributed by atoms with Gasteiger partial charge in [0.1, 0.15) is 11.4 Å². The number of aliphatic hydroxyl groups excluding tert-OH is 1. The normalized spacial score (nSPS) is 24.1. The van der Waals surface area contributed by atoms with E-state index in [1.54, 1.807) is 12.2 Å². The van der Waals surface area contributed by atoms with E-state index in [0.29, 0.717) is 12.0 Å². The van der Waals surface area contributed by atoms with Gasteiger partial charge >= 0.3 is 0 Å². The maximum absolute atomic E-state index is 10.6. The zero-order valence-electron chi connectivity index (χ0n) is 9.76. The van der Waals surface area contributed by atoms with Gasteiger partial charge in [-0.25, -0.2) is 0 Å². The van der Waals surface area contributed by atoms with E-state index in [1.165, 1.54) is 7.11 Å². The predicted octanol–water partition coefficient (Wildman–Crippen LogP) is 2.29. The van der Waals surface area contributed by atoms with Gasteiger partial charge in [0.25, 0.3) is 0 Å². The van der Waals surface area contributed by atoms with E-state index < -0.39 is 5.60 Å². The fourth-order valence-electron chi connectivity index (χ4n) is 2.18. The molecule has 90 valence electrons. The SMILES string of the molecule is COCC1(O)CC=CC(O)=C1c1ccccc1. The molecule has 3 heteroatoms. The first-order valence-electron chi connectivity index (χ1n) is 5.54. The fourth-order valence-corrected chi connectivity index (χ4v) is 2.18. The van der Waals surface area contributed by atoms with E-state index in [-0.39, 0.29) is 12.4 Å². The third-order valence-electron chi connectivity index (χ3n) is 2.90. The summed E-state index contributed by atoms with van der Waals surface area (Å²) in [7, 11) is 1.54. The van der Waals surface area contributed by atoms with E-state index in [1.807, 2.05) is 30.3 Å². The van der Waals surface area contributed by atoms with Gasteiger partial charge in [-0.2, -0.15) is 0 Å². The third-order valence-corrected chi connectivity index (χ3v) is 2.90. The van der Waals surface area contributed by atoms with Crippen molar-refractivity contribution in [3.8, 4) is 0 Å². The molecule has 1 atom stereocenters. The van der Waals surface area contributed by atoms with E-state index >= 15 is 0 Å². The molecular formula is C14H16O3. The molecule has 0 heterocycles. The number of allylic oxidation sites excluding steroid dienone is 1. The van der Waals surface area contributed by atoms with E-state index in [9.17, 15) is 10.2 Å². The van der Waals surface area contributed by atoms with Crippen LogP contribution >= 0.6 is 0 Å². The van der Waals surface area contributed by atoms with Crippen LogP contribution in [0.2, 0.25) is 0 Å². The molecule has 0 aromatic heterocycles. The molecule has 2 N–H and O–H groups in total. The van der Waals surface area contributed by atoms with Gasteiger partial charge in [0.2, 0.25) is 0 Å². The van der Waals surface area contributed by atoms with Gasteiger partial charge in [0, 0.05) is 19.1 Å². The first-order chi connectivity index (χ1) is 8.17. The Bertz CT molecular complexity index is 448. The van der Waals surface area contributed by atoms with Gasteiger partial charge < -0.3 is 14.9 Å². The standard InChI is InChI=1S/C14H16O3/c1-17-10-14(16)9-5-8-12(15)13(14)11-6-3-2-4-7-11/h2-8,15-16H,9-10H2,1H3. The van der Waals surface area contributed by atoms with Crippen molar-refractivity contribution in [2.24, 2.45) is 0 Å². The molecule has 1 aromatic carbocycles. The Hall–Kier alpha value is -1.58. The summed E-state index contributed by atoms with van der Waals surface area (Å²) in [6, 6.07) is 9.38. The van der Waals surface area contributed by atoms with Crippen molar-refractivity contribution in [2.75, 3.05) is 13.7 Å². The average Bonchev–Trinajstić information content (AvgIpc) is 2.30. The van der Waals surface area contributed by atoms with Crippen LogP contribution < -0.4 is 0 Å². The summed E-state index contributed by atoms with van der Waals surface area (Å²) in [6.45, 7) is 0.158. The van der Waals surface area contributed by atoms with Crippen molar-refractivity contribution in [2.45, 2.75) is 12.0 Å². The first-order valence-corrected chi connectivity index (χ1v) is 5.54. The molecule has 0 amide bonds. The lowest BCUT2D eigenvalue weighted by Gasteiger charge is -2.32. The summed E-state index contributed by atoms with van der Waals surface area (Å²) in [6.07, 6.45) is 3.81. The smallest absolute Gasteiger partial charge is 0.122 e. The highest BCUT2D eigenvalue weighted by atomic mass is 16.5. The second kappa shape index (κ2) is 4.73. The van der Waals surface area contributed by atoms with Gasteiger partial charge in [0.15, 0.2) is 0 Å². The second-order valence-electron chi connectivity index (χ2n) is 4.20. The number of aliphatic hydroxyl groups is 2.